The van der Waals surface area contributed by atoms with Crippen molar-refractivity contribution in [3.63, 3.8) is 0 Å². The summed E-state index contributed by atoms with van der Waals surface area (Å²) in [5.41, 5.74) is 2.78. The summed E-state index contributed by atoms with van der Waals surface area (Å²) in [6, 6.07) is 15.2. The molecule has 0 radical (unpaired) electrons. The molecule has 0 aromatic heterocycles. The number of carbonyl (C=O) groups excluding carboxylic acids is 2. The van der Waals surface area contributed by atoms with E-state index in [2.05, 4.69) is 5.32 Å². The fourth-order valence-electron chi connectivity index (χ4n) is 3.90. The summed E-state index contributed by atoms with van der Waals surface area (Å²) in [4.78, 5) is 28.0. The Morgan fingerprint density at radius 1 is 1.21 bits per heavy atom. The average Bonchev–Trinajstić information content (AvgIpc) is 2.74. The third-order valence-electron chi connectivity index (χ3n) is 5.70. The number of hydrogen-bond donors (Lipinski definition) is 1. The van der Waals surface area contributed by atoms with Crippen molar-refractivity contribution < 1.29 is 14.3 Å². The lowest BCUT2D eigenvalue weighted by atomic mass is 9.82. The summed E-state index contributed by atoms with van der Waals surface area (Å²) in [7, 11) is 1.62. The lowest BCUT2D eigenvalue weighted by Gasteiger charge is -2.41. The highest BCUT2D eigenvalue weighted by Crippen LogP contribution is 2.43. The van der Waals surface area contributed by atoms with Gasteiger partial charge in [-0.25, -0.2) is 0 Å². The second-order valence-electron chi connectivity index (χ2n) is 7.75. The first-order chi connectivity index (χ1) is 14.0. The van der Waals surface area contributed by atoms with E-state index >= 15 is 0 Å². The molecule has 154 valence electrons. The van der Waals surface area contributed by atoms with Gasteiger partial charge in [0, 0.05) is 23.7 Å². The van der Waals surface area contributed by atoms with E-state index in [-0.39, 0.29) is 23.8 Å². The number of rotatable bonds is 6. The monoisotopic (exact) mass is 394 g/mol. The second kappa shape index (κ2) is 9.12. The largest absolute Gasteiger partial charge is 0.496 e. The van der Waals surface area contributed by atoms with E-state index < -0.39 is 6.04 Å². The summed E-state index contributed by atoms with van der Waals surface area (Å²) < 4.78 is 5.60. The van der Waals surface area contributed by atoms with Gasteiger partial charge in [-0.1, -0.05) is 42.8 Å². The zero-order valence-electron chi connectivity index (χ0n) is 17.6. The number of amides is 2. The molecule has 29 heavy (non-hydrogen) atoms. The van der Waals surface area contributed by atoms with Crippen LogP contribution < -0.4 is 15.0 Å². The molecular weight excluding hydrogens is 364 g/mol. The number of nitrogens with zero attached hydrogens (tertiary/aromatic N) is 1. The van der Waals surface area contributed by atoms with Crippen molar-refractivity contribution >= 4 is 17.5 Å². The zero-order valence-corrected chi connectivity index (χ0v) is 17.6. The molecule has 1 aliphatic rings. The highest BCUT2D eigenvalue weighted by molar-refractivity contribution is 5.97. The van der Waals surface area contributed by atoms with Crippen LogP contribution in [0.15, 0.2) is 48.5 Å². The topological polar surface area (TPSA) is 58.6 Å². The van der Waals surface area contributed by atoms with Crippen molar-refractivity contribution in [2.24, 2.45) is 5.92 Å². The Morgan fingerprint density at radius 3 is 2.55 bits per heavy atom. The number of aryl methyl sites for hydroxylation is 1. The predicted molar refractivity (Wildman–Crippen MR) is 115 cm³/mol. The third kappa shape index (κ3) is 4.44. The summed E-state index contributed by atoms with van der Waals surface area (Å²) in [6.07, 6.45) is 1.72. The highest BCUT2D eigenvalue weighted by atomic mass is 16.5. The number of carbonyl (C=O) groups is 2. The number of nitrogens with one attached hydrogen (secondary N) is 1. The third-order valence-corrected chi connectivity index (χ3v) is 5.70. The highest BCUT2D eigenvalue weighted by Gasteiger charge is 2.42. The first kappa shape index (κ1) is 20.9. The summed E-state index contributed by atoms with van der Waals surface area (Å²) in [6.45, 7) is 6.06. The quantitative estimate of drug-likeness (QED) is 0.790. The van der Waals surface area contributed by atoms with Crippen LogP contribution in [0.3, 0.4) is 0 Å². The fraction of sp³-hybridized carbons (Fsp3) is 0.417. The van der Waals surface area contributed by atoms with Crippen molar-refractivity contribution in [1.82, 2.24) is 5.32 Å². The SMILES string of the molecule is CC[C@H](C)NC(=O)[C@@H]1CCC(=O)N(c2ccc(C)cc2)[C@@H]1c1ccccc1OC. The minimum Gasteiger partial charge on any atom is -0.496 e. The molecule has 2 aromatic rings. The molecule has 2 aromatic carbocycles. The molecule has 1 fully saturated rings. The molecule has 1 aliphatic heterocycles. The molecule has 0 bridgehead atoms. The molecule has 0 unspecified atom stereocenters. The molecule has 0 aliphatic carbocycles. The van der Waals surface area contributed by atoms with Crippen LogP contribution in [0, 0.1) is 12.8 Å². The summed E-state index contributed by atoms with van der Waals surface area (Å²) in [5.74, 6) is 0.349. The van der Waals surface area contributed by atoms with Gasteiger partial charge in [-0.3, -0.25) is 9.59 Å². The van der Waals surface area contributed by atoms with Crippen molar-refractivity contribution in [2.75, 3.05) is 12.0 Å². The van der Waals surface area contributed by atoms with E-state index in [1.54, 1.807) is 12.0 Å². The fourth-order valence-corrected chi connectivity index (χ4v) is 3.90. The number of ether oxygens (including phenoxy) is 1. The first-order valence-electron chi connectivity index (χ1n) is 10.3. The van der Waals surface area contributed by atoms with Gasteiger partial charge in [0.2, 0.25) is 11.8 Å². The lowest BCUT2D eigenvalue weighted by Crippen LogP contribution is -2.49. The summed E-state index contributed by atoms with van der Waals surface area (Å²) >= 11 is 0. The van der Waals surface area contributed by atoms with Gasteiger partial charge in [-0.05, 0) is 44.9 Å². The molecule has 3 rings (SSSR count). The molecule has 1 heterocycles. The molecule has 5 heteroatoms. The van der Waals surface area contributed by atoms with Crippen LogP contribution in [0.2, 0.25) is 0 Å². The molecule has 0 spiro atoms. The number of piperidine rings is 1. The van der Waals surface area contributed by atoms with Crippen LogP contribution in [-0.4, -0.2) is 25.0 Å². The molecular formula is C24H30N2O3. The number of hydrogen-bond acceptors (Lipinski definition) is 3. The number of anilines is 1. The van der Waals surface area contributed by atoms with E-state index in [1.165, 1.54) is 0 Å². The van der Waals surface area contributed by atoms with Crippen LogP contribution in [0.1, 0.15) is 50.3 Å². The smallest absolute Gasteiger partial charge is 0.227 e. The Hall–Kier alpha value is -2.82. The standard InChI is InChI=1S/C24H30N2O3/c1-5-17(3)25-24(28)20-14-15-22(27)26(18-12-10-16(2)11-13-18)23(20)19-8-6-7-9-21(19)29-4/h6-13,17,20,23H,5,14-15H2,1-4H3,(H,25,28)/t17-,20+,23+/m0/s1. The molecule has 0 saturated carbocycles. The van der Waals surface area contributed by atoms with Crippen molar-refractivity contribution in [1.29, 1.82) is 0 Å². The Balaban J connectivity index is 2.10. The van der Waals surface area contributed by atoms with Gasteiger partial charge in [0.25, 0.3) is 0 Å². The molecule has 3 atom stereocenters. The zero-order chi connectivity index (χ0) is 21.0. The normalized spacial score (nSPS) is 20.3. The van der Waals surface area contributed by atoms with Gasteiger partial charge >= 0.3 is 0 Å². The van der Waals surface area contributed by atoms with Crippen LogP contribution in [0.4, 0.5) is 5.69 Å². The molecule has 1 saturated heterocycles. The van der Waals surface area contributed by atoms with E-state index in [0.29, 0.717) is 18.6 Å². The maximum Gasteiger partial charge on any atom is 0.227 e. The van der Waals surface area contributed by atoms with Gasteiger partial charge in [-0.15, -0.1) is 0 Å². The minimum atomic E-state index is -0.417. The van der Waals surface area contributed by atoms with Crippen molar-refractivity contribution in [2.45, 2.75) is 52.1 Å². The van der Waals surface area contributed by atoms with Gasteiger partial charge in [0.1, 0.15) is 5.75 Å². The Bertz CT molecular complexity index is 863. The van der Waals surface area contributed by atoms with Gasteiger partial charge in [-0.2, -0.15) is 0 Å². The first-order valence-corrected chi connectivity index (χ1v) is 10.3. The van der Waals surface area contributed by atoms with Crippen molar-refractivity contribution in [3.05, 3.63) is 59.7 Å². The van der Waals surface area contributed by atoms with E-state index in [4.69, 9.17) is 4.74 Å². The lowest BCUT2D eigenvalue weighted by molar-refractivity contribution is -0.129. The number of methoxy groups -OCH3 is 1. The second-order valence-corrected chi connectivity index (χ2v) is 7.75. The summed E-state index contributed by atoms with van der Waals surface area (Å²) in [5, 5.41) is 3.11. The van der Waals surface area contributed by atoms with E-state index in [1.807, 2.05) is 69.3 Å². The predicted octanol–water partition coefficient (Wildman–Crippen LogP) is 4.40. The molecule has 1 N–H and O–H groups in total. The van der Waals surface area contributed by atoms with Crippen LogP contribution in [0.5, 0.6) is 5.75 Å². The molecule has 5 nitrogen and oxygen atoms in total. The van der Waals surface area contributed by atoms with E-state index in [0.717, 1.165) is 23.2 Å². The van der Waals surface area contributed by atoms with Crippen molar-refractivity contribution in [3.8, 4) is 5.75 Å². The van der Waals surface area contributed by atoms with Crippen LogP contribution in [-0.2, 0) is 9.59 Å². The Kier molecular flexibility index (Phi) is 6.57. The molecule has 2 amide bonds. The van der Waals surface area contributed by atoms with Gasteiger partial charge in [0.15, 0.2) is 0 Å². The van der Waals surface area contributed by atoms with Gasteiger partial charge in [0.05, 0.1) is 19.1 Å². The maximum absolute atomic E-state index is 13.2. The van der Waals surface area contributed by atoms with E-state index in [9.17, 15) is 9.59 Å². The van der Waals surface area contributed by atoms with Crippen LogP contribution >= 0.6 is 0 Å². The minimum absolute atomic E-state index is 0.0140. The number of para-hydroxylation sites is 1. The van der Waals surface area contributed by atoms with Gasteiger partial charge < -0.3 is 15.0 Å². The number of benzene rings is 2. The average molecular weight is 395 g/mol. The Labute approximate surface area is 173 Å². The van der Waals surface area contributed by atoms with Crippen LogP contribution in [0.25, 0.3) is 0 Å². The Morgan fingerprint density at radius 2 is 1.90 bits per heavy atom. The maximum atomic E-state index is 13.2.